The molecule has 0 saturated carbocycles. The zero-order valence-electron chi connectivity index (χ0n) is 14.4. The molecular weight excluding hydrogens is 346 g/mol. The van der Waals surface area contributed by atoms with E-state index in [1.165, 1.54) is 15.8 Å². The zero-order chi connectivity index (χ0) is 18.6. The molecule has 2 aromatic heterocycles. The van der Waals surface area contributed by atoms with Crippen molar-refractivity contribution >= 4 is 11.6 Å². The van der Waals surface area contributed by atoms with Gasteiger partial charge >= 0.3 is 0 Å². The predicted molar refractivity (Wildman–Crippen MR) is 95.8 cm³/mol. The number of rotatable bonds is 5. The first-order valence-electron chi connectivity index (χ1n) is 8.16. The van der Waals surface area contributed by atoms with Crippen molar-refractivity contribution in [3.8, 4) is 17.1 Å². The molecule has 10 nitrogen and oxygen atoms in total. The van der Waals surface area contributed by atoms with Gasteiger partial charge in [-0.3, -0.25) is 4.79 Å². The Balaban J connectivity index is 1.51. The van der Waals surface area contributed by atoms with Crippen LogP contribution in [0.4, 0.5) is 5.69 Å². The summed E-state index contributed by atoms with van der Waals surface area (Å²) in [6.07, 6.45) is 1.48. The van der Waals surface area contributed by atoms with Gasteiger partial charge in [0.15, 0.2) is 0 Å². The molecule has 0 fully saturated rings. The number of nitrogens with zero attached hydrogens (tertiary/aromatic N) is 8. The molecule has 4 aromatic rings. The van der Waals surface area contributed by atoms with Crippen molar-refractivity contribution in [2.24, 2.45) is 0 Å². The van der Waals surface area contributed by atoms with E-state index in [0.717, 1.165) is 11.3 Å². The molecule has 0 aliphatic heterocycles. The summed E-state index contributed by atoms with van der Waals surface area (Å²) in [6, 6.07) is 14.9. The summed E-state index contributed by atoms with van der Waals surface area (Å²) >= 11 is 0. The molecule has 2 aromatic carbocycles. The van der Waals surface area contributed by atoms with Gasteiger partial charge in [0.2, 0.25) is 11.7 Å². The van der Waals surface area contributed by atoms with Gasteiger partial charge in [0.05, 0.1) is 5.69 Å². The normalized spacial score (nSPS) is 10.7. The van der Waals surface area contributed by atoms with E-state index in [-0.39, 0.29) is 12.5 Å². The SMILES string of the molecule is Cc1ccc(NC(=O)Cn2nnc(-c3ccccc3-n3cnnn3)n2)cc1. The van der Waals surface area contributed by atoms with Crippen LogP contribution in [-0.4, -0.2) is 46.3 Å². The van der Waals surface area contributed by atoms with Crippen LogP contribution in [0.25, 0.3) is 17.1 Å². The van der Waals surface area contributed by atoms with Gasteiger partial charge in [-0.15, -0.1) is 15.3 Å². The largest absolute Gasteiger partial charge is 0.324 e. The van der Waals surface area contributed by atoms with Gasteiger partial charge in [-0.25, -0.2) is 0 Å². The zero-order valence-corrected chi connectivity index (χ0v) is 14.4. The van der Waals surface area contributed by atoms with Gasteiger partial charge in [-0.05, 0) is 46.8 Å². The molecule has 134 valence electrons. The van der Waals surface area contributed by atoms with Crippen molar-refractivity contribution in [2.45, 2.75) is 13.5 Å². The third kappa shape index (κ3) is 3.68. The summed E-state index contributed by atoms with van der Waals surface area (Å²) in [5, 5.41) is 26.3. The number of carbonyl (C=O) groups excluding carboxylic acids is 1. The number of hydrogen-bond acceptors (Lipinski definition) is 7. The number of para-hydroxylation sites is 1. The number of amides is 1. The van der Waals surface area contributed by atoms with Crippen LogP contribution in [0.15, 0.2) is 54.9 Å². The van der Waals surface area contributed by atoms with Crippen LogP contribution < -0.4 is 5.32 Å². The van der Waals surface area contributed by atoms with E-state index < -0.39 is 0 Å². The Morgan fingerprint density at radius 2 is 1.89 bits per heavy atom. The predicted octanol–water partition coefficient (Wildman–Crippen LogP) is 1.26. The summed E-state index contributed by atoms with van der Waals surface area (Å²) in [5.74, 6) is 0.140. The van der Waals surface area contributed by atoms with Crippen LogP contribution in [0.2, 0.25) is 0 Å². The van der Waals surface area contributed by atoms with Gasteiger partial charge in [-0.2, -0.15) is 9.48 Å². The van der Waals surface area contributed by atoms with E-state index in [1.54, 1.807) is 0 Å². The molecule has 0 aliphatic rings. The number of tetrazole rings is 2. The fourth-order valence-corrected chi connectivity index (χ4v) is 2.52. The monoisotopic (exact) mass is 361 g/mol. The molecule has 0 spiro atoms. The maximum absolute atomic E-state index is 12.2. The van der Waals surface area contributed by atoms with Crippen molar-refractivity contribution in [3.63, 3.8) is 0 Å². The van der Waals surface area contributed by atoms with E-state index in [2.05, 4.69) is 36.3 Å². The van der Waals surface area contributed by atoms with Gasteiger partial charge < -0.3 is 5.32 Å². The Morgan fingerprint density at radius 3 is 2.67 bits per heavy atom. The van der Waals surface area contributed by atoms with Gasteiger partial charge in [0.1, 0.15) is 12.9 Å². The van der Waals surface area contributed by atoms with E-state index in [1.807, 2.05) is 55.5 Å². The van der Waals surface area contributed by atoms with Crippen LogP contribution in [0.3, 0.4) is 0 Å². The molecule has 10 heteroatoms. The second kappa shape index (κ2) is 7.12. The Bertz CT molecular complexity index is 1050. The van der Waals surface area contributed by atoms with Crippen LogP contribution in [-0.2, 0) is 11.3 Å². The highest BCUT2D eigenvalue weighted by Gasteiger charge is 2.14. The number of anilines is 1. The minimum absolute atomic E-state index is 0.0477. The first-order valence-corrected chi connectivity index (χ1v) is 8.16. The average molecular weight is 361 g/mol. The maximum Gasteiger partial charge on any atom is 0.248 e. The number of aromatic nitrogens is 8. The maximum atomic E-state index is 12.2. The third-order valence-electron chi connectivity index (χ3n) is 3.81. The third-order valence-corrected chi connectivity index (χ3v) is 3.81. The lowest BCUT2D eigenvalue weighted by Crippen LogP contribution is -2.20. The summed E-state index contributed by atoms with van der Waals surface area (Å²) < 4.78 is 1.51. The smallest absolute Gasteiger partial charge is 0.248 e. The summed E-state index contributed by atoms with van der Waals surface area (Å²) in [5.41, 5.74) is 3.26. The molecule has 0 unspecified atom stereocenters. The molecule has 27 heavy (non-hydrogen) atoms. The Labute approximate surface area is 153 Å². The molecule has 0 aliphatic carbocycles. The molecule has 4 rings (SSSR count). The molecule has 0 radical (unpaired) electrons. The number of aryl methyl sites for hydroxylation is 1. The Hall–Kier alpha value is -3.95. The lowest BCUT2D eigenvalue weighted by Gasteiger charge is -2.05. The minimum Gasteiger partial charge on any atom is -0.324 e. The van der Waals surface area contributed by atoms with Crippen LogP contribution in [0, 0.1) is 6.92 Å². The van der Waals surface area contributed by atoms with Gasteiger partial charge in [0.25, 0.3) is 0 Å². The van der Waals surface area contributed by atoms with Crippen LogP contribution in [0.1, 0.15) is 5.56 Å². The standard InChI is InChI=1S/C17H15N9O/c1-12-6-8-13(9-7-12)19-16(27)10-26-21-17(20-23-26)14-4-2-3-5-15(14)25-11-18-22-24-25/h2-9,11H,10H2,1H3,(H,19,27). The summed E-state index contributed by atoms with van der Waals surface area (Å²) in [7, 11) is 0. The van der Waals surface area contributed by atoms with Crippen LogP contribution in [0.5, 0.6) is 0 Å². The molecule has 1 amide bonds. The molecular formula is C17H15N9O. The topological polar surface area (TPSA) is 116 Å². The van der Waals surface area contributed by atoms with Crippen molar-refractivity contribution in [3.05, 3.63) is 60.4 Å². The van der Waals surface area contributed by atoms with E-state index in [0.29, 0.717) is 17.1 Å². The number of carbonyl (C=O) groups is 1. The van der Waals surface area contributed by atoms with Gasteiger partial charge in [0, 0.05) is 11.3 Å². The summed E-state index contributed by atoms with van der Waals surface area (Å²) in [4.78, 5) is 13.4. The van der Waals surface area contributed by atoms with Crippen molar-refractivity contribution < 1.29 is 4.79 Å². The molecule has 0 saturated heterocycles. The minimum atomic E-state index is -0.239. The first-order chi connectivity index (χ1) is 13.2. The number of hydrogen-bond donors (Lipinski definition) is 1. The molecule has 0 bridgehead atoms. The first kappa shape index (κ1) is 16.5. The molecule has 2 heterocycles. The highest BCUT2D eigenvalue weighted by Crippen LogP contribution is 2.21. The second-order valence-corrected chi connectivity index (χ2v) is 5.83. The fraction of sp³-hybridized carbons (Fsp3) is 0.118. The van der Waals surface area contributed by atoms with Gasteiger partial charge in [-0.1, -0.05) is 29.8 Å². The number of benzene rings is 2. The highest BCUT2D eigenvalue weighted by molar-refractivity contribution is 5.90. The number of nitrogens with one attached hydrogen (secondary N) is 1. The van der Waals surface area contributed by atoms with E-state index in [4.69, 9.17) is 0 Å². The Kier molecular flexibility index (Phi) is 4.35. The second-order valence-electron chi connectivity index (χ2n) is 5.83. The van der Waals surface area contributed by atoms with E-state index >= 15 is 0 Å². The summed E-state index contributed by atoms with van der Waals surface area (Å²) in [6.45, 7) is 1.94. The fourth-order valence-electron chi connectivity index (χ4n) is 2.52. The average Bonchev–Trinajstić information content (AvgIpc) is 3.36. The Morgan fingerprint density at radius 1 is 1.07 bits per heavy atom. The molecule has 1 N–H and O–H groups in total. The lowest BCUT2D eigenvalue weighted by molar-refractivity contribution is -0.117. The highest BCUT2D eigenvalue weighted by atomic mass is 16.2. The van der Waals surface area contributed by atoms with Crippen molar-refractivity contribution in [1.29, 1.82) is 0 Å². The quantitative estimate of drug-likeness (QED) is 0.569. The molecule has 0 atom stereocenters. The van der Waals surface area contributed by atoms with E-state index in [9.17, 15) is 4.79 Å². The van der Waals surface area contributed by atoms with Crippen molar-refractivity contribution in [2.75, 3.05) is 5.32 Å². The lowest BCUT2D eigenvalue weighted by atomic mass is 10.1. The van der Waals surface area contributed by atoms with Crippen molar-refractivity contribution in [1.82, 2.24) is 40.4 Å². The van der Waals surface area contributed by atoms with Crippen LogP contribution >= 0.6 is 0 Å².